The van der Waals surface area contributed by atoms with E-state index in [1.165, 1.54) is 21.8 Å². The van der Waals surface area contributed by atoms with Crippen molar-refractivity contribution in [1.29, 1.82) is 0 Å². The van der Waals surface area contributed by atoms with Crippen molar-refractivity contribution in [1.82, 2.24) is 9.55 Å². The van der Waals surface area contributed by atoms with Gasteiger partial charge in [-0.05, 0) is 42.0 Å². The standard InChI is InChI=1S/C14H12N2O2S2/c1-9-7-16(14(15-9)20-8-13(17)18)11-2-3-12-10(6-11)4-5-19-12/h2-7H,8H2,1H3,(H,17,18). The normalized spacial score (nSPS) is 11.1. The summed E-state index contributed by atoms with van der Waals surface area (Å²) in [7, 11) is 0. The third kappa shape index (κ3) is 2.57. The smallest absolute Gasteiger partial charge is 0.313 e. The molecule has 102 valence electrons. The lowest BCUT2D eigenvalue weighted by molar-refractivity contribution is -0.133. The van der Waals surface area contributed by atoms with Crippen LogP contribution < -0.4 is 0 Å². The van der Waals surface area contributed by atoms with Crippen LogP contribution in [-0.4, -0.2) is 26.4 Å². The van der Waals surface area contributed by atoms with Crippen LogP contribution in [0.1, 0.15) is 5.69 Å². The number of thioether (sulfide) groups is 1. The lowest BCUT2D eigenvalue weighted by Gasteiger charge is -2.06. The zero-order valence-corrected chi connectivity index (χ0v) is 12.4. The van der Waals surface area contributed by atoms with Crippen LogP contribution in [0.5, 0.6) is 0 Å². The van der Waals surface area contributed by atoms with Crippen LogP contribution in [0, 0.1) is 6.92 Å². The number of carboxylic acids is 1. The molecular weight excluding hydrogens is 292 g/mol. The van der Waals surface area contributed by atoms with Gasteiger partial charge in [-0.25, -0.2) is 4.98 Å². The van der Waals surface area contributed by atoms with E-state index in [4.69, 9.17) is 5.11 Å². The molecule has 0 spiro atoms. The van der Waals surface area contributed by atoms with Crippen molar-refractivity contribution in [2.75, 3.05) is 5.75 Å². The number of hydrogen-bond donors (Lipinski definition) is 1. The number of imidazole rings is 1. The van der Waals surface area contributed by atoms with E-state index in [1.54, 1.807) is 11.3 Å². The molecule has 3 rings (SSSR count). The van der Waals surface area contributed by atoms with E-state index in [2.05, 4.69) is 28.6 Å². The number of thiophene rings is 1. The summed E-state index contributed by atoms with van der Waals surface area (Å²) in [6, 6.07) is 8.29. The van der Waals surface area contributed by atoms with Gasteiger partial charge in [0.05, 0.1) is 11.4 Å². The minimum absolute atomic E-state index is 0.0111. The van der Waals surface area contributed by atoms with E-state index in [-0.39, 0.29) is 5.75 Å². The molecule has 0 bridgehead atoms. The van der Waals surface area contributed by atoms with Gasteiger partial charge >= 0.3 is 5.97 Å². The minimum Gasteiger partial charge on any atom is -0.481 e. The van der Waals surface area contributed by atoms with Gasteiger partial charge in [0.2, 0.25) is 0 Å². The summed E-state index contributed by atoms with van der Waals surface area (Å²) in [6.45, 7) is 1.91. The van der Waals surface area contributed by atoms with Gasteiger partial charge < -0.3 is 5.11 Å². The van der Waals surface area contributed by atoms with Crippen LogP contribution in [0.2, 0.25) is 0 Å². The van der Waals surface area contributed by atoms with E-state index < -0.39 is 5.97 Å². The van der Waals surface area contributed by atoms with Crippen molar-refractivity contribution in [2.24, 2.45) is 0 Å². The average Bonchev–Trinajstić information content (AvgIpc) is 3.01. The Morgan fingerprint density at radius 1 is 1.45 bits per heavy atom. The van der Waals surface area contributed by atoms with Gasteiger partial charge in [0.1, 0.15) is 0 Å². The fraction of sp³-hybridized carbons (Fsp3) is 0.143. The van der Waals surface area contributed by atoms with Gasteiger partial charge in [0.25, 0.3) is 0 Å². The molecule has 0 fully saturated rings. The number of benzene rings is 1. The maximum atomic E-state index is 10.7. The number of aryl methyl sites for hydroxylation is 1. The molecule has 0 aliphatic heterocycles. The maximum absolute atomic E-state index is 10.7. The van der Waals surface area contributed by atoms with Gasteiger partial charge in [-0.1, -0.05) is 11.8 Å². The summed E-state index contributed by atoms with van der Waals surface area (Å²) < 4.78 is 3.19. The molecular formula is C14H12N2O2S2. The van der Waals surface area contributed by atoms with Crippen LogP contribution in [0.15, 0.2) is 41.0 Å². The number of carbonyl (C=O) groups is 1. The van der Waals surface area contributed by atoms with Crippen molar-refractivity contribution in [3.05, 3.63) is 41.5 Å². The first-order valence-corrected chi connectivity index (χ1v) is 7.88. The summed E-state index contributed by atoms with van der Waals surface area (Å²) in [4.78, 5) is 15.1. The van der Waals surface area contributed by atoms with Crippen molar-refractivity contribution in [2.45, 2.75) is 12.1 Å². The van der Waals surface area contributed by atoms with Crippen LogP contribution in [-0.2, 0) is 4.79 Å². The highest BCUT2D eigenvalue weighted by Gasteiger charge is 2.10. The number of aliphatic carboxylic acids is 1. The van der Waals surface area contributed by atoms with Crippen molar-refractivity contribution in [3.63, 3.8) is 0 Å². The third-order valence-electron chi connectivity index (χ3n) is 2.83. The summed E-state index contributed by atoms with van der Waals surface area (Å²) in [5, 5.41) is 12.8. The molecule has 1 N–H and O–H groups in total. The number of aromatic nitrogens is 2. The molecule has 0 atom stereocenters. The second-order valence-electron chi connectivity index (χ2n) is 4.36. The predicted octanol–water partition coefficient (Wildman–Crippen LogP) is 3.57. The van der Waals surface area contributed by atoms with E-state index >= 15 is 0 Å². The lowest BCUT2D eigenvalue weighted by Crippen LogP contribution is -2.01. The molecule has 1 aromatic carbocycles. The molecule has 0 saturated carbocycles. The number of hydrogen-bond acceptors (Lipinski definition) is 4. The van der Waals surface area contributed by atoms with E-state index in [0.29, 0.717) is 5.16 Å². The Morgan fingerprint density at radius 3 is 3.10 bits per heavy atom. The number of rotatable bonds is 4. The predicted molar refractivity (Wildman–Crippen MR) is 82.0 cm³/mol. The highest BCUT2D eigenvalue weighted by molar-refractivity contribution is 7.99. The van der Waals surface area contributed by atoms with E-state index in [1.807, 2.05) is 23.8 Å². The molecule has 0 saturated heterocycles. The molecule has 0 aliphatic rings. The molecule has 2 aromatic heterocycles. The Bertz CT molecular complexity index is 776. The van der Waals surface area contributed by atoms with Crippen LogP contribution in [0.3, 0.4) is 0 Å². The van der Waals surface area contributed by atoms with Crippen molar-refractivity contribution < 1.29 is 9.90 Å². The quantitative estimate of drug-likeness (QED) is 0.749. The molecule has 0 aliphatic carbocycles. The van der Waals surface area contributed by atoms with E-state index in [0.717, 1.165) is 11.4 Å². The molecule has 0 radical (unpaired) electrons. The molecule has 2 heterocycles. The van der Waals surface area contributed by atoms with Crippen LogP contribution >= 0.6 is 23.1 Å². The Morgan fingerprint density at radius 2 is 2.30 bits per heavy atom. The first kappa shape index (κ1) is 13.2. The van der Waals surface area contributed by atoms with Gasteiger partial charge in [0, 0.05) is 16.6 Å². The van der Waals surface area contributed by atoms with Gasteiger partial charge in [-0.15, -0.1) is 11.3 Å². The Balaban J connectivity index is 2.01. The van der Waals surface area contributed by atoms with Crippen molar-refractivity contribution in [3.8, 4) is 5.69 Å². The Labute approximate surface area is 124 Å². The molecule has 0 amide bonds. The summed E-state index contributed by atoms with van der Waals surface area (Å²) in [5.74, 6) is -0.826. The first-order chi connectivity index (χ1) is 9.63. The monoisotopic (exact) mass is 304 g/mol. The second-order valence-corrected chi connectivity index (χ2v) is 6.25. The SMILES string of the molecule is Cc1cn(-c2ccc3sccc3c2)c(SCC(=O)O)n1. The molecule has 4 nitrogen and oxygen atoms in total. The average molecular weight is 304 g/mol. The zero-order chi connectivity index (χ0) is 14.1. The van der Waals surface area contributed by atoms with E-state index in [9.17, 15) is 4.79 Å². The molecule has 3 aromatic rings. The summed E-state index contributed by atoms with van der Waals surface area (Å²) in [6.07, 6.45) is 1.93. The largest absolute Gasteiger partial charge is 0.481 e. The topological polar surface area (TPSA) is 55.1 Å². The lowest BCUT2D eigenvalue weighted by atomic mass is 10.2. The summed E-state index contributed by atoms with van der Waals surface area (Å²) >= 11 is 2.94. The molecule has 20 heavy (non-hydrogen) atoms. The molecule has 6 heteroatoms. The van der Waals surface area contributed by atoms with Crippen LogP contribution in [0.25, 0.3) is 15.8 Å². The van der Waals surface area contributed by atoms with Gasteiger partial charge in [0.15, 0.2) is 5.16 Å². The summed E-state index contributed by atoms with van der Waals surface area (Å²) in [5.41, 5.74) is 1.88. The minimum atomic E-state index is -0.838. The number of nitrogens with zero attached hydrogens (tertiary/aromatic N) is 2. The zero-order valence-electron chi connectivity index (χ0n) is 10.7. The fourth-order valence-electron chi connectivity index (χ4n) is 1.99. The van der Waals surface area contributed by atoms with Crippen molar-refractivity contribution >= 4 is 39.2 Å². The Kier molecular flexibility index (Phi) is 3.50. The maximum Gasteiger partial charge on any atom is 0.313 e. The van der Waals surface area contributed by atoms with Crippen LogP contribution in [0.4, 0.5) is 0 Å². The fourth-order valence-corrected chi connectivity index (χ4v) is 3.52. The third-order valence-corrected chi connectivity index (χ3v) is 4.67. The first-order valence-electron chi connectivity index (χ1n) is 6.02. The molecule has 0 unspecified atom stereocenters. The van der Waals surface area contributed by atoms with Gasteiger partial charge in [-0.2, -0.15) is 0 Å². The highest BCUT2D eigenvalue weighted by atomic mass is 32.2. The highest BCUT2D eigenvalue weighted by Crippen LogP contribution is 2.27. The van der Waals surface area contributed by atoms with Gasteiger partial charge in [-0.3, -0.25) is 9.36 Å². The Hall–Kier alpha value is -1.79. The number of carboxylic acid groups (broad SMARTS) is 1. The number of fused-ring (bicyclic) bond motifs is 1. The second kappa shape index (κ2) is 5.30.